The molecule has 1 unspecified atom stereocenters. The van der Waals surface area contributed by atoms with Gasteiger partial charge in [0.05, 0.1) is 12.1 Å². The first-order chi connectivity index (χ1) is 9.88. The van der Waals surface area contributed by atoms with Crippen LogP contribution in [0.5, 0.6) is 0 Å². The fourth-order valence-electron chi connectivity index (χ4n) is 2.42. The molecular weight excluding hydrogens is 262 g/mol. The van der Waals surface area contributed by atoms with Crippen LogP contribution >= 0.6 is 0 Å². The van der Waals surface area contributed by atoms with Crippen LogP contribution in [0.2, 0.25) is 0 Å². The summed E-state index contributed by atoms with van der Waals surface area (Å²) in [6.07, 6.45) is 4.44. The average Bonchev–Trinajstić information content (AvgIpc) is 3.18. The monoisotopic (exact) mass is 286 g/mol. The number of rotatable bonds is 3. The summed E-state index contributed by atoms with van der Waals surface area (Å²) in [6, 6.07) is 6.09. The molecular formula is C17H24N3O+. The van der Waals surface area contributed by atoms with Gasteiger partial charge in [-0.25, -0.2) is 4.98 Å². The number of H-pyrrole nitrogens is 1. The molecule has 0 bridgehead atoms. The molecule has 1 aliphatic carbocycles. The van der Waals surface area contributed by atoms with Crippen LogP contribution in [0.3, 0.4) is 0 Å². The number of nitrogens with one attached hydrogen (secondary N) is 2. The lowest BCUT2D eigenvalue weighted by atomic mass is 9.88. The van der Waals surface area contributed by atoms with Crippen molar-refractivity contribution >= 4 is 11.4 Å². The number of hydrogen-bond acceptors (Lipinski definition) is 1. The SMILES string of the molecule is CC(NC(=O)c1[nH]c(C2CC2)[n+]2ccccc12)C(C)(C)C. The number of carbonyl (C=O) groups is 1. The largest absolute Gasteiger partial charge is 0.346 e. The fraction of sp³-hybridized carbons (Fsp3) is 0.529. The summed E-state index contributed by atoms with van der Waals surface area (Å²) >= 11 is 0. The van der Waals surface area contributed by atoms with Gasteiger partial charge in [0.25, 0.3) is 11.7 Å². The number of fused-ring (bicyclic) bond motifs is 1. The molecule has 4 heteroatoms. The van der Waals surface area contributed by atoms with Gasteiger partial charge < -0.3 is 5.32 Å². The van der Waals surface area contributed by atoms with Gasteiger partial charge in [0.1, 0.15) is 0 Å². The van der Waals surface area contributed by atoms with E-state index in [2.05, 4.69) is 42.4 Å². The van der Waals surface area contributed by atoms with Crippen molar-refractivity contribution in [1.82, 2.24) is 10.3 Å². The van der Waals surface area contributed by atoms with Gasteiger partial charge in [0.2, 0.25) is 5.69 Å². The van der Waals surface area contributed by atoms with Crippen molar-refractivity contribution in [2.24, 2.45) is 5.41 Å². The molecule has 2 heterocycles. The fourth-order valence-corrected chi connectivity index (χ4v) is 2.42. The Kier molecular flexibility index (Phi) is 3.27. The van der Waals surface area contributed by atoms with E-state index in [4.69, 9.17) is 0 Å². The van der Waals surface area contributed by atoms with Crippen LogP contribution in [0.25, 0.3) is 5.52 Å². The van der Waals surface area contributed by atoms with Gasteiger partial charge in [0, 0.05) is 6.04 Å². The van der Waals surface area contributed by atoms with E-state index in [1.54, 1.807) is 0 Å². The number of nitrogens with zero attached hydrogens (tertiary/aromatic N) is 1. The maximum atomic E-state index is 12.6. The van der Waals surface area contributed by atoms with E-state index < -0.39 is 0 Å². The molecule has 2 N–H and O–H groups in total. The Labute approximate surface area is 125 Å². The second-order valence-corrected chi connectivity index (χ2v) is 7.18. The number of imidazole rings is 1. The Balaban J connectivity index is 1.95. The maximum Gasteiger partial charge on any atom is 0.295 e. The Hall–Kier alpha value is -1.84. The van der Waals surface area contributed by atoms with E-state index in [1.165, 1.54) is 12.8 Å². The highest BCUT2D eigenvalue weighted by Crippen LogP contribution is 2.38. The predicted octanol–water partition coefficient (Wildman–Crippen LogP) is 2.80. The van der Waals surface area contributed by atoms with E-state index in [-0.39, 0.29) is 17.4 Å². The van der Waals surface area contributed by atoms with Gasteiger partial charge in [0.15, 0.2) is 5.52 Å². The summed E-state index contributed by atoms with van der Waals surface area (Å²) in [7, 11) is 0. The maximum absolute atomic E-state index is 12.6. The third kappa shape index (κ3) is 2.67. The topological polar surface area (TPSA) is 49.0 Å². The van der Waals surface area contributed by atoms with Crippen molar-refractivity contribution in [2.75, 3.05) is 0 Å². The molecule has 1 saturated carbocycles. The summed E-state index contributed by atoms with van der Waals surface area (Å²) in [4.78, 5) is 16.0. The minimum absolute atomic E-state index is 0.0203. The van der Waals surface area contributed by atoms with E-state index in [0.717, 1.165) is 11.3 Å². The minimum Gasteiger partial charge on any atom is -0.346 e. The number of hydrogen-bond donors (Lipinski definition) is 2. The lowest BCUT2D eigenvalue weighted by Crippen LogP contribution is -2.41. The van der Waals surface area contributed by atoms with Crippen molar-refractivity contribution in [3.05, 3.63) is 35.9 Å². The zero-order valence-electron chi connectivity index (χ0n) is 13.2. The van der Waals surface area contributed by atoms with E-state index in [9.17, 15) is 4.79 Å². The van der Waals surface area contributed by atoms with E-state index in [1.807, 2.05) is 24.4 Å². The predicted molar refractivity (Wildman–Crippen MR) is 82.3 cm³/mol. The summed E-state index contributed by atoms with van der Waals surface area (Å²) in [5.74, 6) is 1.70. The van der Waals surface area contributed by atoms with Crippen LogP contribution < -0.4 is 9.72 Å². The van der Waals surface area contributed by atoms with Crippen LogP contribution in [0, 0.1) is 5.41 Å². The Bertz CT molecular complexity index is 677. The van der Waals surface area contributed by atoms with Gasteiger partial charge in [-0.3, -0.25) is 4.79 Å². The molecule has 2 aromatic heterocycles. The van der Waals surface area contributed by atoms with Crippen molar-refractivity contribution < 1.29 is 9.20 Å². The molecule has 0 saturated heterocycles. The van der Waals surface area contributed by atoms with Crippen LogP contribution in [-0.2, 0) is 0 Å². The van der Waals surface area contributed by atoms with Crippen LogP contribution in [0.4, 0.5) is 0 Å². The highest BCUT2D eigenvalue weighted by atomic mass is 16.2. The number of aromatic amines is 1. The van der Waals surface area contributed by atoms with Crippen molar-refractivity contribution in [3.8, 4) is 0 Å². The van der Waals surface area contributed by atoms with Gasteiger partial charge in [-0.1, -0.05) is 26.8 Å². The van der Waals surface area contributed by atoms with Gasteiger partial charge in [-0.2, -0.15) is 4.40 Å². The first-order valence-electron chi connectivity index (χ1n) is 7.71. The highest BCUT2D eigenvalue weighted by Gasteiger charge is 2.36. The number of amides is 1. The third-order valence-corrected chi connectivity index (χ3v) is 4.47. The first-order valence-corrected chi connectivity index (χ1v) is 7.71. The molecule has 1 amide bonds. The van der Waals surface area contributed by atoms with Crippen LogP contribution in [0.15, 0.2) is 24.4 Å². The van der Waals surface area contributed by atoms with Crippen LogP contribution in [-0.4, -0.2) is 16.9 Å². The minimum atomic E-state index is -0.0203. The molecule has 1 atom stereocenters. The summed E-state index contributed by atoms with van der Waals surface area (Å²) in [5, 5.41) is 3.12. The third-order valence-electron chi connectivity index (χ3n) is 4.47. The molecule has 112 valence electrons. The standard InChI is InChI=1S/C17H23N3O/c1-11(17(2,3)4)18-16(21)14-13-7-5-6-10-20(13)15(19-14)12-8-9-12/h5-7,10-12H,8-9H2,1-4H3,(H,18,21)/p+1. The summed E-state index contributed by atoms with van der Waals surface area (Å²) < 4.78 is 2.12. The molecule has 0 aliphatic heterocycles. The van der Waals surface area contributed by atoms with Crippen LogP contribution in [0.1, 0.15) is 62.8 Å². The molecule has 0 spiro atoms. The molecule has 3 rings (SSSR count). The molecule has 2 aromatic rings. The average molecular weight is 286 g/mol. The lowest BCUT2D eigenvalue weighted by molar-refractivity contribution is -0.521. The lowest BCUT2D eigenvalue weighted by Gasteiger charge is -2.27. The molecule has 21 heavy (non-hydrogen) atoms. The molecule has 4 nitrogen and oxygen atoms in total. The van der Waals surface area contributed by atoms with E-state index >= 15 is 0 Å². The smallest absolute Gasteiger partial charge is 0.295 e. The Morgan fingerprint density at radius 2 is 2.10 bits per heavy atom. The number of pyridine rings is 1. The normalized spacial score (nSPS) is 17.0. The van der Waals surface area contributed by atoms with Crippen molar-refractivity contribution in [1.29, 1.82) is 0 Å². The quantitative estimate of drug-likeness (QED) is 0.838. The number of carbonyl (C=O) groups excluding carboxylic acids is 1. The van der Waals surface area contributed by atoms with Gasteiger partial charge in [-0.05, 0) is 37.3 Å². The second kappa shape index (κ2) is 4.86. The van der Waals surface area contributed by atoms with Crippen molar-refractivity contribution in [3.63, 3.8) is 0 Å². The molecule has 0 radical (unpaired) electrons. The van der Waals surface area contributed by atoms with Gasteiger partial charge in [-0.15, -0.1) is 0 Å². The number of aromatic nitrogens is 2. The summed E-state index contributed by atoms with van der Waals surface area (Å²) in [5.41, 5.74) is 1.68. The van der Waals surface area contributed by atoms with Crippen molar-refractivity contribution in [2.45, 2.75) is 52.5 Å². The molecule has 0 aromatic carbocycles. The molecule has 1 fully saturated rings. The Morgan fingerprint density at radius 1 is 1.38 bits per heavy atom. The Morgan fingerprint density at radius 3 is 2.71 bits per heavy atom. The zero-order valence-corrected chi connectivity index (χ0v) is 13.2. The second-order valence-electron chi connectivity index (χ2n) is 7.18. The highest BCUT2D eigenvalue weighted by molar-refractivity contribution is 5.98. The first kappa shape index (κ1) is 14.1. The van der Waals surface area contributed by atoms with Gasteiger partial charge >= 0.3 is 0 Å². The summed E-state index contributed by atoms with van der Waals surface area (Å²) in [6.45, 7) is 8.46. The molecule has 1 aliphatic rings. The zero-order chi connectivity index (χ0) is 15.2. The van der Waals surface area contributed by atoms with E-state index in [0.29, 0.717) is 11.6 Å².